The molecule has 1 aromatic heterocycles. The molecule has 1 heterocycles. The number of nitrogens with zero attached hydrogens (tertiary/aromatic N) is 3. The number of rotatable bonds is 4. The van der Waals surface area contributed by atoms with E-state index in [0.717, 1.165) is 4.90 Å². The average Bonchev–Trinajstić information content (AvgIpc) is 2.17. The molecule has 1 rings (SSSR count). The molecule has 1 N–H and O–H groups in total. The Hall–Kier alpha value is -1.37. The van der Waals surface area contributed by atoms with E-state index in [1.807, 2.05) is 0 Å². The van der Waals surface area contributed by atoms with E-state index in [9.17, 15) is 13.2 Å². The molecule has 0 aliphatic heterocycles. The van der Waals surface area contributed by atoms with Crippen LogP contribution < -0.4 is 4.90 Å². The molecule has 0 fully saturated rings. The molecule has 84 valence electrons. The van der Waals surface area contributed by atoms with Gasteiger partial charge in [0.15, 0.2) is 5.82 Å². The lowest BCUT2D eigenvalue weighted by Crippen LogP contribution is -2.36. The molecular weight excluding hydrogens is 211 g/mol. The molecule has 0 saturated carbocycles. The van der Waals surface area contributed by atoms with Gasteiger partial charge in [0, 0.05) is 12.7 Å². The zero-order valence-electron chi connectivity index (χ0n) is 7.78. The van der Waals surface area contributed by atoms with Crippen LogP contribution in [0.15, 0.2) is 18.3 Å². The largest absolute Gasteiger partial charge is 0.405 e. The van der Waals surface area contributed by atoms with Gasteiger partial charge in [-0.05, 0) is 12.1 Å². The van der Waals surface area contributed by atoms with E-state index in [0.29, 0.717) is 0 Å². The summed E-state index contributed by atoms with van der Waals surface area (Å²) in [5.74, 6) is 0.101. The summed E-state index contributed by atoms with van der Waals surface area (Å²) in [4.78, 5) is 0.924. The summed E-state index contributed by atoms with van der Waals surface area (Å²) in [7, 11) is 0. The first-order valence-corrected chi connectivity index (χ1v) is 4.23. The number of aliphatic hydroxyl groups excluding tert-OH is 1. The second-order valence-electron chi connectivity index (χ2n) is 2.84. The maximum atomic E-state index is 12.1. The predicted molar refractivity (Wildman–Crippen MR) is 47.4 cm³/mol. The lowest BCUT2D eigenvalue weighted by molar-refractivity contribution is -0.120. The Morgan fingerprint density at radius 3 is 2.60 bits per heavy atom. The zero-order chi connectivity index (χ0) is 11.3. The van der Waals surface area contributed by atoms with Crippen LogP contribution in [0.2, 0.25) is 0 Å². The predicted octanol–water partition coefficient (Wildman–Crippen LogP) is 0.838. The Balaban J connectivity index is 2.75. The van der Waals surface area contributed by atoms with Gasteiger partial charge >= 0.3 is 6.18 Å². The van der Waals surface area contributed by atoms with Crippen LogP contribution in [0.1, 0.15) is 0 Å². The normalized spacial score (nSPS) is 11.5. The molecule has 1 aromatic rings. The number of hydrogen-bond acceptors (Lipinski definition) is 4. The van der Waals surface area contributed by atoms with Gasteiger partial charge in [-0.3, -0.25) is 0 Å². The van der Waals surface area contributed by atoms with Crippen LogP contribution in [0.25, 0.3) is 0 Å². The van der Waals surface area contributed by atoms with Crippen molar-refractivity contribution < 1.29 is 18.3 Å². The third-order valence-corrected chi connectivity index (χ3v) is 1.62. The van der Waals surface area contributed by atoms with Crippen molar-refractivity contribution in [1.82, 2.24) is 10.2 Å². The first kappa shape index (κ1) is 11.7. The van der Waals surface area contributed by atoms with Crippen LogP contribution in [0.3, 0.4) is 0 Å². The summed E-state index contributed by atoms with van der Waals surface area (Å²) in [6, 6.07) is 2.90. The fourth-order valence-corrected chi connectivity index (χ4v) is 1.07. The average molecular weight is 221 g/mol. The molecule has 0 amide bonds. The van der Waals surface area contributed by atoms with Crippen LogP contribution >= 0.6 is 0 Å². The Bertz CT molecular complexity index is 291. The smallest absolute Gasteiger partial charge is 0.395 e. The number of alkyl halides is 3. The third-order valence-electron chi connectivity index (χ3n) is 1.62. The maximum Gasteiger partial charge on any atom is 0.405 e. The molecule has 0 unspecified atom stereocenters. The van der Waals surface area contributed by atoms with Crippen molar-refractivity contribution in [3.63, 3.8) is 0 Å². The van der Waals surface area contributed by atoms with Gasteiger partial charge in [-0.2, -0.15) is 18.3 Å². The molecule has 0 aromatic carbocycles. The van der Waals surface area contributed by atoms with Gasteiger partial charge in [0.2, 0.25) is 0 Å². The lowest BCUT2D eigenvalue weighted by Gasteiger charge is -2.23. The van der Waals surface area contributed by atoms with Crippen LogP contribution in [-0.4, -0.2) is 41.2 Å². The Kier molecular flexibility index (Phi) is 3.84. The second kappa shape index (κ2) is 4.92. The van der Waals surface area contributed by atoms with E-state index in [4.69, 9.17) is 5.11 Å². The first-order chi connectivity index (χ1) is 7.03. The minimum Gasteiger partial charge on any atom is -0.395 e. The molecule has 0 aliphatic rings. The molecule has 0 aliphatic carbocycles. The molecular formula is C8H10F3N3O. The van der Waals surface area contributed by atoms with Gasteiger partial charge in [-0.25, -0.2) is 0 Å². The highest BCUT2D eigenvalue weighted by Crippen LogP contribution is 2.19. The Labute approximate surface area is 84.3 Å². The number of hydrogen-bond donors (Lipinski definition) is 1. The standard InChI is InChI=1S/C8H10F3N3O/c9-8(10,11)6-14(4-5-15)7-2-1-3-12-13-7/h1-3,15H,4-6H2. The van der Waals surface area contributed by atoms with Gasteiger partial charge in [0.1, 0.15) is 6.54 Å². The fraction of sp³-hybridized carbons (Fsp3) is 0.500. The summed E-state index contributed by atoms with van der Waals surface area (Å²) >= 11 is 0. The van der Waals surface area contributed by atoms with Crippen molar-refractivity contribution >= 4 is 5.82 Å². The van der Waals surface area contributed by atoms with Crippen LogP contribution in [-0.2, 0) is 0 Å². The topological polar surface area (TPSA) is 49.2 Å². The number of aromatic nitrogens is 2. The Morgan fingerprint density at radius 2 is 2.13 bits per heavy atom. The zero-order valence-corrected chi connectivity index (χ0v) is 7.78. The van der Waals surface area contributed by atoms with E-state index in [-0.39, 0.29) is 19.0 Å². The van der Waals surface area contributed by atoms with E-state index in [1.165, 1.54) is 18.3 Å². The number of halogens is 3. The van der Waals surface area contributed by atoms with E-state index in [1.54, 1.807) is 0 Å². The number of anilines is 1. The van der Waals surface area contributed by atoms with Crippen molar-refractivity contribution in [2.75, 3.05) is 24.6 Å². The SMILES string of the molecule is OCCN(CC(F)(F)F)c1cccnn1. The highest BCUT2D eigenvalue weighted by Gasteiger charge is 2.31. The van der Waals surface area contributed by atoms with Crippen molar-refractivity contribution in [3.8, 4) is 0 Å². The lowest BCUT2D eigenvalue weighted by atomic mass is 10.4. The van der Waals surface area contributed by atoms with Crippen LogP contribution in [0.4, 0.5) is 19.0 Å². The molecule has 15 heavy (non-hydrogen) atoms. The molecule has 7 heteroatoms. The van der Waals surface area contributed by atoms with Crippen molar-refractivity contribution in [2.45, 2.75) is 6.18 Å². The minimum atomic E-state index is -4.33. The molecule has 0 saturated heterocycles. The van der Waals surface area contributed by atoms with Crippen LogP contribution in [0, 0.1) is 0 Å². The molecule has 4 nitrogen and oxygen atoms in total. The minimum absolute atomic E-state index is 0.101. The monoisotopic (exact) mass is 221 g/mol. The molecule has 0 bridgehead atoms. The summed E-state index contributed by atoms with van der Waals surface area (Å²) in [6.07, 6.45) is -2.96. The summed E-state index contributed by atoms with van der Waals surface area (Å²) in [5, 5.41) is 15.7. The van der Waals surface area contributed by atoms with E-state index >= 15 is 0 Å². The second-order valence-corrected chi connectivity index (χ2v) is 2.84. The van der Waals surface area contributed by atoms with Gasteiger partial charge in [-0.1, -0.05) is 0 Å². The molecule has 0 atom stereocenters. The number of aliphatic hydroxyl groups is 1. The maximum absolute atomic E-state index is 12.1. The van der Waals surface area contributed by atoms with Gasteiger partial charge in [0.05, 0.1) is 6.61 Å². The quantitative estimate of drug-likeness (QED) is 0.818. The van der Waals surface area contributed by atoms with Crippen molar-refractivity contribution in [1.29, 1.82) is 0 Å². The summed E-state index contributed by atoms with van der Waals surface area (Å²) < 4.78 is 36.4. The van der Waals surface area contributed by atoms with Gasteiger partial charge in [0.25, 0.3) is 0 Å². The Morgan fingerprint density at radius 1 is 1.40 bits per heavy atom. The van der Waals surface area contributed by atoms with E-state index < -0.39 is 12.7 Å². The highest BCUT2D eigenvalue weighted by atomic mass is 19.4. The summed E-state index contributed by atoms with van der Waals surface area (Å²) in [6.45, 7) is -1.64. The van der Waals surface area contributed by atoms with Crippen LogP contribution in [0.5, 0.6) is 0 Å². The summed E-state index contributed by atoms with van der Waals surface area (Å²) in [5.41, 5.74) is 0. The van der Waals surface area contributed by atoms with Gasteiger partial charge < -0.3 is 10.0 Å². The molecule has 0 radical (unpaired) electrons. The van der Waals surface area contributed by atoms with Gasteiger partial charge in [-0.15, -0.1) is 5.10 Å². The third kappa shape index (κ3) is 4.11. The highest BCUT2D eigenvalue weighted by molar-refractivity contribution is 5.36. The van der Waals surface area contributed by atoms with Crippen molar-refractivity contribution in [2.24, 2.45) is 0 Å². The van der Waals surface area contributed by atoms with Crippen molar-refractivity contribution in [3.05, 3.63) is 18.3 Å². The fourth-order valence-electron chi connectivity index (χ4n) is 1.07. The first-order valence-electron chi connectivity index (χ1n) is 4.23. The van der Waals surface area contributed by atoms with E-state index in [2.05, 4.69) is 10.2 Å². The molecule has 0 spiro atoms.